The average molecular weight is 527 g/mol. The first kappa shape index (κ1) is 27.2. The Balaban J connectivity index is 0.000000177. The predicted octanol–water partition coefficient (Wildman–Crippen LogP) is 3.73. The Morgan fingerprint density at radius 1 is 0.795 bits per heavy atom. The first-order valence-electron chi connectivity index (χ1n) is 14.1. The Morgan fingerprint density at radius 2 is 1.38 bits per heavy atom. The summed E-state index contributed by atoms with van der Waals surface area (Å²) in [6.07, 6.45) is 7.62. The van der Waals surface area contributed by atoms with Crippen molar-refractivity contribution in [1.29, 1.82) is 0 Å². The Kier molecular flexibility index (Phi) is 8.26. The third kappa shape index (κ3) is 5.69. The van der Waals surface area contributed by atoms with Crippen molar-refractivity contribution in [2.45, 2.75) is 50.4 Å². The van der Waals surface area contributed by atoms with Crippen LogP contribution in [-0.4, -0.2) is 59.2 Å². The predicted molar refractivity (Wildman–Crippen MR) is 159 cm³/mol. The van der Waals surface area contributed by atoms with Crippen molar-refractivity contribution in [1.82, 2.24) is 25.3 Å². The molecule has 2 aromatic carbocycles. The number of fused-ring (bicyclic) bond motifs is 1. The van der Waals surface area contributed by atoms with Crippen LogP contribution in [-0.2, 0) is 10.8 Å². The van der Waals surface area contributed by atoms with E-state index in [1.807, 2.05) is 0 Å². The molecule has 2 aliphatic rings. The maximum absolute atomic E-state index is 6.22. The smallest absolute Gasteiger partial charge is 0.182 e. The van der Waals surface area contributed by atoms with Crippen LogP contribution in [0.3, 0.4) is 0 Å². The van der Waals surface area contributed by atoms with E-state index in [1.54, 1.807) is 12.7 Å². The largest absolute Gasteiger partial charge is 0.355 e. The van der Waals surface area contributed by atoms with Gasteiger partial charge in [0.15, 0.2) is 11.5 Å². The molecule has 0 spiro atoms. The quantitative estimate of drug-likeness (QED) is 0.313. The number of nitrogens with two attached hydrogens (primary N) is 2. The van der Waals surface area contributed by atoms with Crippen LogP contribution in [0.15, 0.2) is 61.2 Å². The van der Waals surface area contributed by atoms with Gasteiger partial charge in [0.05, 0.1) is 6.33 Å². The van der Waals surface area contributed by atoms with Gasteiger partial charge in [0.25, 0.3) is 0 Å². The number of piperidine rings is 2. The fraction of sp³-hybridized carbons (Fsp3) is 0.452. The normalized spacial score (nSPS) is 18.4. The molecule has 8 heteroatoms. The highest BCUT2D eigenvalue weighted by molar-refractivity contribution is 5.82. The van der Waals surface area contributed by atoms with Crippen molar-refractivity contribution < 1.29 is 0 Å². The van der Waals surface area contributed by atoms with Crippen LogP contribution in [0.25, 0.3) is 11.2 Å². The van der Waals surface area contributed by atoms with E-state index in [1.165, 1.54) is 22.3 Å². The number of H-pyrrole nitrogens is 1. The molecule has 0 atom stereocenters. The van der Waals surface area contributed by atoms with Gasteiger partial charge in [-0.3, -0.25) is 0 Å². The van der Waals surface area contributed by atoms with Gasteiger partial charge >= 0.3 is 0 Å². The minimum Gasteiger partial charge on any atom is -0.355 e. The molecule has 2 aliphatic heterocycles. The summed E-state index contributed by atoms with van der Waals surface area (Å²) in [5.41, 5.74) is 19.5. The maximum atomic E-state index is 6.22. The molecule has 0 radical (unpaired) electrons. The van der Waals surface area contributed by atoms with Crippen LogP contribution in [0.2, 0.25) is 0 Å². The molecule has 2 aromatic heterocycles. The lowest BCUT2D eigenvalue weighted by atomic mass is 9.72. The molecular formula is C31H42N8. The molecule has 0 saturated carbocycles. The summed E-state index contributed by atoms with van der Waals surface area (Å²) >= 11 is 0. The highest BCUT2D eigenvalue weighted by atomic mass is 15.2. The Morgan fingerprint density at radius 3 is 1.95 bits per heavy atom. The SMILES string of the molecule is Cc1cccc(C2(CN)CCN(c3ncnc4nc[nH]c34)CC2)c1.Cc1cccc(C2(CN)CCNCC2)c1. The molecule has 2 fully saturated rings. The molecule has 6 rings (SSSR count). The molecule has 0 bridgehead atoms. The van der Waals surface area contributed by atoms with E-state index in [0.29, 0.717) is 12.2 Å². The van der Waals surface area contributed by atoms with Crippen molar-refractivity contribution >= 4 is 17.0 Å². The topological polar surface area (TPSA) is 122 Å². The average Bonchev–Trinajstić information content (AvgIpc) is 3.47. The highest BCUT2D eigenvalue weighted by Gasteiger charge is 2.36. The van der Waals surface area contributed by atoms with Crippen molar-refractivity contribution in [3.8, 4) is 0 Å². The lowest BCUT2D eigenvalue weighted by molar-refractivity contribution is 0.315. The van der Waals surface area contributed by atoms with Crippen molar-refractivity contribution in [3.63, 3.8) is 0 Å². The second-order valence-electron chi connectivity index (χ2n) is 11.2. The van der Waals surface area contributed by atoms with Gasteiger partial charge < -0.3 is 26.7 Å². The third-order valence-corrected chi connectivity index (χ3v) is 8.83. The number of aromatic nitrogens is 4. The van der Waals surface area contributed by atoms with Crippen molar-refractivity contribution in [2.75, 3.05) is 44.2 Å². The Labute approximate surface area is 231 Å². The molecule has 0 unspecified atom stereocenters. The van der Waals surface area contributed by atoms with Crippen LogP contribution < -0.4 is 21.7 Å². The fourth-order valence-electron chi connectivity index (χ4n) is 6.22. The number of aromatic amines is 1. The van der Waals surface area contributed by atoms with Gasteiger partial charge in [0.2, 0.25) is 0 Å². The fourth-order valence-corrected chi connectivity index (χ4v) is 6.22. The van der Waals surface area contributed by atoms with Gasteiger partial charge in [-0.15, -0.1) is 0 Å². The summed E-state index contributed by atoms with van der Waals surface area (Å²) in [6, 6.07) is 17.6. The number of benzene rings is 2. The number of nitrogens with zero attached hydrogens (tertiary/aromatic N) is 4. The third-order valence-electron chi connectivity index (χ3n) is 8.83. The molecule has 0 aliphatic carbocycles. The molecule has 0 amide bonds. The number of anilines is 1. The van der Waals surface area contributed by atoms with Crippen LogP contribution >= 0.6 is 0 Å². The number of nitrogens with one attached hydrogen (secondary N) is 2. The highest BCUT2D eigenvalue weighted by Crippen LogP contribution is 2.37. The van der Waals surface area contributed by atoms with E-state index in [2.05, 4.69) is 92.5 Å². The lowest BCUT2D eigenvalue weighted by Crippen LogP contribution is -2.47. The molecule has 8 nitrogen and oxygen atoms in total. The number of rotatable bonds is 5. The number of hydrogen-bond donors (Lipinski definition) is 4. The number of hydrogen-bond acceptors (Lipinski definition) is 7. The molecular weight excluding hydrogens is 484 g/mol. The molecule has 6 N–H and O–H groups in total. The first-order chi connectivity index (χ1) is 19.0. The van der Waals surface area contributed by atoms with E-state index < -0.39 is 0 Å². The molecule has 2 saturated heterocycles. The minimum atomic E-state index is 0.0582. The van der Waals surface area contributed by atoms with Gasteiger partial charge in [-0.2, -0.15) is 0 Å². The van der Waals surface area contributed by atoms with Crippen LogP contribution in [0.4, 0.5) is 5.82 Å². The summed E-state index contributed by atoms with van der Waals surface area (Å²) in [7, 11) is 0. The van der Waals surface area contributed by atoms with Crippen LogP contribution in [0.5, 0.6) is 0 Å². The van der Waals surface area contributed by atoms with E-state index >= 15 is 0 Å². The minimum absolute atomic E-state index is 0.0582. The van der Waals surface area contributed by atoms with Gasteiger partial charge in [0, 0.05) is 37.0 Å². The zero-order chi connectivity index (χ0) is 27.3. The maximum Gasteiger partial charge on any atom is 0.182 e. The van der Waals surface area contributed by atoms with Gasteiger partial charge in [-0.05, 0) is 63.7 Å². The van der Waals surface area contributed by atoms with Crippen LogP contribution in [0, 0.1) is 13.8 Å². The Bertz CT molecular complexity index is 1370. The van der Waals surface area contributed by atoms with Crippen LogP contribution in [0.1, 0.15) is 47.9 Å². The molecule has 4 aromatic rings. The molecule has 206 valence electrons. The number of aryl methyl sites for hydroxylation is 2. The summed E-state index contributed by atoms with van der Waals surface area (Å²) in [5, 5.41) is 3.40. The van der Waals surface area contributed by atoms with E-state index in [9.17, 15) is 0 Å². The van der Waals surface area contributed by atoms with Crippen molar-refractivity contribution in [3.05, 3.63) is 83.4 Å². The van der Waals surface area contributed by atoms with E-state index in [-0.39, 0.29) is 10.8 Å². The van der Waals surface area contributed by atoms with E-state index in [0.717, 1.165) is 69.7 Å². The lowest BCUT2D eigenvalue weighted by Gasteiger charge is -2.42. The Hall–Kier alpha value is -3.33. The standard InChI is InChI=1S/C18H22N6.C13H20N2/c1-13-3-2-4-14(9-13)18(10-19)5-7-24(8-6-18)17-15-16(21-11-20-15)22-12-23-17;1-11-3-2-4-12(9-11)13(10-14)5-7-15-8-6-13/h2-4,9,11-12H,5-8,10,19H2,1H3,(H,20,21,22,23);2-4,9,15H,5-8,10,14H2,1H3. The second kappa shape index (κ2) is 11.8. The summed E-state index contributed by atoms with van der Waals surface area (Å²) in [5.74, 6) is 0.937. The first-order valence-corrected chi connectivity index (χ1v) is 14.1. The molecule has 4 heterocycles. The summed E-state index contributed by atoms with van der Waals surface area (Å²) in [4.78, 5) is 18.4. The number of imidazole rings is 1. The molecule has 39 heavy (non-hydrogen) atoms. The monoisotopic (exact) mass is 526 g/mol. The summed E-state index contributed by atoms with van der Waals surface area (Å²) in [6.45, 7) is 9.75. The zero-order valence-corrected chi connectivity index (χ0v) is 23.3. The van der Waals surface area contributed by atoms with E-state index in [4.69, 9.17) is 11.5 Å². The van der Waals surface area contributed by atoms with Crippen molar-refractivity contribution in [2.24, 2.45) is 11.5 Å². The van der Waals surface area contributed by atoms with Gasteiger partial charge in [0.1, 0.15) is 11.8 Å². The summed E-state index contributed by atoms with van der Waals surface area (Å²) < 4.78 is 0. The zero-order valence-electron chi connectivity index (χ0n) is 23.3. The second-order valence-corrected chi connectivity index (χ2v) is 11.2. The van der Waals surface area contributed by atoms with Gasteiger partial charge in [-0.1, -0.05) is 59.7 Å². The van der Waals surface area contributed by atoms with Gasteiger partial charge in [-0.25, -0.2) is 15.0 Å².